The van der Waals surface area contributed by atoms with E-state index >= 15 is 0 Å². The third-order valence-electron chi connectivity index (χ3n) is 5.05. The zero-order chi connectivity index (χ0) is 25.4. The molecule has 0 saturated carbocycles. The molecule has 0 radical (unpaired) electrons. The molecule has 3 heterocycles. The van der Waals surface area contributed by atoms with Gasteiger partial charge in [-0.05, 0) is 37.1 Å². The zero-order valence-corrected chi connectivity index (χ0v) is 18.5. The van der Waals surface area contributed by atoms with E-state index in [0.29, 0.717) is 16.3 Å². The van der Waals surface area contributed by atoms with Crippen LogP contribution in [-0.4, -0.2) is 36.5 Å². The van der Waals surface area contributed by atoms with E-state index in [1.165, 1.54) is 24.0 Å². The van der Waals surface area contributed by atoms with E-state index in [9.17, 15) is 26.7 Å². The Kier molecular flexibility index (Phi) is 6.17. The molecule has 1 amide bonds. The topological polar surface area (TPSA) is 86.3 Å². The molecule has 8 nitrogen and oxygen atoms in total. The fourth-order valence-electron chi connectivity index (χ4n) is 3.24. The quantitative estimate of drug-likeness (QED) is 0.375. The van der Waals surface area contributed by atoms with Crippen LogP contribution < -0.4 is 10.1 Å². The van der Waals surface area contributed by atoms with E-state index in [2.05, 4.69) is 20.5 Å². The van der Waals surface area contributed by atoms with Crippen molar-refractivity contribution in [3.05, 3.63) is 71.4 Å². The number of aromatic nitrogens is 5. The third kappa shape index (κ3) is 4.93. The lowest BCUT2D eigenvalue weighted by Crippen LogP contribution is -2.36. The number of ether oxygens (including phenoxy) is 1. The highest BCUT2D eigenvalue weighted by Gasteiger charge is 2.60. The maximum absolute atomic E-state index is 14.0. The third-order valence-corrected chi connectivity index (χ3v) is 5.05. The SMILES string of the molecule is CCc1ccc(OCn2cc(NC(=O)c3cc4nc(C)cc(C(F)(F)C(F)(F)F)n4n3)cn2)cc1. The van der Waals surface area contributed by atoms with Crippen LogP contribution in [0.2, 0.25) is 0 Å². The number of benzene rings is 1. The molecule has 13 heteroatoms. The zero-order valence-electron chi connectivity index (χ0n) is 18.5. The summed E-state index contributed by atoms with van der Waals surface area (Å²) >= 11 is 0. The first-order valence-corrected chi connectivity index (χ1v) is 10.4. The molecule has 0 bridgehead atoms. The first kappa shape index (κ1) is 24.1. The lowest BCUT2D eigenvalue weighted by molar-refractivity contribution is -0.291. The van der Waals surface area contributed by atoms with Gasteiger partial charge in [-0.2, -0.15) is 32.1 Å². The number of nitrogens with zero attached hydrogens (tertiary/aromatic N) is 5. The summed E-state index contributed by atoms with van der Waals surface area (Å²) in [6, 6.07) is 9.11. The van der Waals surface area contributed by atoms with Gasteiger partial charge in [-0.15, -0.1) is 0 Å². The summed E-state index contributed by atoms with van der Waals surface area (Å²) in [5.74, 6) is -5.41. The van der Waals surface area contributed by atoms with E-state index < -0.39 is 29.4 Å². The van der Waals surface area contributed by atoms with Gasteiger partial charge in [0.2, 0.25) is 0 Å². The van der Waals surface area contributed by atoms with Gasteiger partial charge in [0.25, 0.3) is 5.91 Å². The minimum atomic E-state index is -5.85. The second kappa shape index (κ2) is 8.96. The molecule has 0 aliphatic carbocycles. The Hall–Kier alpha value is -4.03. The Labute approximate surface area is 195 Å². The lowest BCUT2D eigenvalue weighted by atomic mass is 10.2. The first-order chi connectivity index (χ1) is 16.5. The maximum Gasteiger partial charge on any atom is 0.459 e. The molecule has 0 aliphatic rings. The van der Waals surface area contributed by atoms with E-state index in [1.807, 2.05) is 31.2 Å². The molecule has 0 aliphatic heterocycles. The monoisotopic (exact) mass is 494 g/mol. The molecule has 4 aromatic rings. The highest BCUT2D eigenvalue weighted by molar-refractivity contribution is 6.03. The number of amides is 1. The van der Waals surface area contributed by atoms with E-state index in [0.717, 1.165) is 18.1 Å². The molecule has 35 heavy (non-hydrogen) atoms. The van der Waals surface area contributed by atoms with Gasteiger partial charge in [-0.1, -0.05) is 19.1 Å². The van der Waals surface area contributed by atoms with Crippen molar-refractivity contribution in [2.24, 2.45) is 0 Å². The maximum atomic E-state index is 14.0. The summed E-state index contributed by atoms with van der Waals surface area (Å²) in [4.78, 5) is 16.5. The van der Waals surface area contributed by atoms with E-state index in [1.54, 1.807) is 0 Å². The number of carbonyl (C=O) groups excluding carboxylic acids is 1. The van der Waals surface area contributed by atoms with Crippen LogP contribution >= 0.6 is 0 Å². The number of hydrogen-bond donors (Lipinski definition) is 1. The number of aryl methyl sites for hydroxylation is 2. The van der Waals surface area contributed by atoms with Crippen molar-refractivity contribution in [2.75, 3.05) is 5.32 Å². The number of rotatable bonds is 7. The Balaban J connectivity index is 1.49. The summed E-state index contributed by atoms with van der Waals surface area (Å²) < 4.78 is 74.2. The fraction of sp³-hybridized carbons (Fsp3) is 0.273. The van der Waals surface area contributed by atoms with Crippen LogP contribution in [0.15, 0.2) is 48.8 Å². The Morgan fingerprint density at radius 2 is 1.83 bits per heavy atom. The predicted octanol–water partition coefficient (Wildman–Crippen LogP) is 4.74. The summed E-state index contributed by atoms with van der Waals surface area (Å²) in [5, 5.41) is 10.2. The van der Waals surface area contributed by atoms with Crippen molar-refractivity contribution < 1.29 is 31.5 Å². The van der Waals surface area contributed by atoms with Gasteiger partial charge < -0.3 is 10.1 Å². The van der Waals surface area contributed by atoms with Gasteiger partial charge in [0, 0.05) is 11.8 Å². The Morgan fingerprint density at radius 1 is 1.11 bits per heavy atom. The van der Waals surface area contributed by atoms with Crippen LogP contribution in [0.1, 0.15) is 34.4 Å². The van der Waals surface area contributed by atoms with Crippen LogP contribution in [0.25, 0.3) is 5.65 Å². The standard InChI is InChI=1S/C22H19F5N6O2/c1-3-14-4-6-16(7-5-14)35-12-32-11-15(10-28-32)30-20(34)17-9-19-29-13(2)8-18(33(19)31-17)21(23,24)22(25,26)27/h4-11H,3,12H2,1-2H3,(H,30,34). The molecule has 1 N–H and O–H groups in total. The molecule has 184 valence electrons. The van der Waals surface area contributed by atoms with Crippen LogP contribution in [-0.2, 0) is 19.1 Å². The number of nitrogens with one attached hydrogen (secondary N) is 1. The predicted molar refractivity (Wildman–Crippen MR) is 114 cm³/mol. The smallest absolute Gasteiger partial charge is 0.459 e. The molecular weight excluding hydrogens is 475 g/mol. The van der Waals surface area contributed by atoms with Crippen LogP contribution in [0.3, 0.4) is 0 Å². The summed E-state index contributed by atoms with van der Waals surface area (Å²) in [5.41, 5.74) is -0.859. The van der Waals surface area contributed by atoms with Crippen LogP contribution in [0.4, 0.5) is 27.6 Å². The Morgan fingerprint density at radius 3 is 2.49 bits per heavy atom. The van der Waals surface area contributed by atoms with Gasteiger partial charge >= 0.3 is 12.1 Å². The van der Waals surface area contributed by atoms with Gasteiger partial charge in [0.05, 0.1) is 18.1 Å². The van der Waals surface area contributed by atoms with Crippen molar-refractivity contribution in [3.8, 4) is 5.75 Å². The summed E-state index contributed by atoms with van der Waals surface area (Å²) in [7, 11) is 0. The van der Waals surface area contributed by atoms with E-state index in [4.69, 9.17) is 4.74 Å². The van der Waals surface area contributed by atoms with Crippen molar-refractivity contribution in [1.82, 2.24) is 24.4 Å². The van der Waals surface area contributed by atoms with E-state index in [-0.39, 0.29) is 23.8 Å². The average Bonchev–Trinajstić information content (AvgIpc) is 3.43. The van der Waals surface area contributed by atoms with Gasteiger partial charge in [0.15, 0.2) is 18.1 Å². The van der Waals surface area contributed by atoms with Crippen molar-refractivity contribution >= 4 is 17.2 Å². The van der Waals surface area contributed by atoms with Gasteiger partial charge in [-0.3, -0.25) is 4.79 Å². The average molecular weight is 494 g/mol. The summed E-state index contributed by atoms with van der Waals surface area (Å²) in [6.45, 7) is 3.35. The molecule has 4 rings (SSSR count). The first-order valence-electron chi connectivity index (χ1n) is 10.4. The highest BCUT2D eigenvalue weighted by Crippen LogP contribution is 2.43. The minimum absolute atomic E-state index is 0.0504. The number of halogens is 5. The van der Waals surface area contributed by atoms with Gasteiger partial charge in [-0.25, -0.2) is 14.2 Å². The normalized spacial score (nSPS) is 12.2. The van der Waals surface area contributed by atoms with Crippen molar-refractivity contribution in [1.29, 1.82) is 0 Å². The number of carbonyl (C=O) groups is 1. The number of hydrogen-bond acceptors (Lipinski definition) is 5. The Bertz CT molecular complexity index is 1360. The van der Waals surface area contributed by atoms with Crippen LogP contribution in [0, 0.1) is 6.92 Å². The summed E-state index contributed by atoms with van der Waals surface area (Å²) in [6.07, 6.45) is -2.17. The molecule has 0 spiro atoms. The minimum Gasteiger partial charge on any atom is -0.471 e. The van der Waals surface area contributed by atoms with Crippen molar-refractivity contribution in [2.45, 2.75) is 39.1 Å². The largest absolute Gasteiger partial charge is 0.471 e. The highest BCUT2D eigenvalue weighted by atomic mass is 19.4. The molecule has 0 saturated heterocycles. The molecule has 0 unspecified atom stereocenters. The number of fused-ring (bicyclic) bond motifs is 1. The second-order valence-electron chi connectivity index (χ2n) is 7.65. The van der Waals surface area contributed by atoms with Crippen molar-refractivity contribution in [3.63, 3.8) is 0 Å². The lowest BCUT2D eigenvalue weighted by Gasteiger charge is -2.20. The second-order valence-corrected chi connectivity index (χ2v) is 7.65. The molecule has 3 aromatic heterocycles. The molecule has 1 aromatic carbocycles. The number of anilines is 1. The van der Waals surface area contributed by atoms with Crippen LogP contribution in [0.5, 0.6) is 5.75 Å². The van der Waals surface area contributed by atoms with Gasteiger partial charge in [0.1, 0.15) is 11.4 Å². The fourth-order valence-corrected chi connectivity index (χ4v) is 3.24. The molecular formula is C22H19F5N6O2. The number of alkyl halides is 5. The molecule has 0 atom stereocenters. The molecule has 0 fully saturated rings.